The van der Waals surface area contributed by atoms with Crippen molar-refractivity contribution in [3.05, 3.63) is 100.0 Å². The van der Waals surface area contributed by atoms with Crippen molar-refractivity contribution in [3.8, 4) is 17.0 Å². The van der Waals surface area contributed by atoms with Crippen molar-refractivity contribution < 1.29 is 13.9 Å². The molecule has 10 heteroatoms. The highest BCUT2D eigenvalue weighted by molar-refractivity contribution is 6.31. The highest BCUT2D eigenvalue weighted by Gasteiger charge is 2.26. The van der Waals surface area contributed by atoms with Gasteiger partial charge in [0.1, 0.15) is 11.6 Å². The van der Waals surface area contributed by atoms with Crippen LogP contribution in [0.1, 0.15) is 39.9 Å². The number of aromatic nitrogens is 2. The number of anilines is 2. The fraction of sp³-hybridized carbons (Fsp3) is 0.250. The number of piperidine rings is 1. The van der Waals surface area contributed by atoms with Gasteiger partial charge in [-0.05, 0) is 68.4 Å². The molecule has 1 aromatic heterocycles. The van der Waals surface area contributed by atoms with Gasteiger partial charge in [0.15, 0.2) is 0 Å². The van der Waals surface area contributed by atoms with Gasteiger partial charge in [-0.2, -0.15) is 0 Å². The number of halogens is 2. The number of rotatable bonds is 6. The summed E-state index contributed by atoms with van der Waals surface area (Å²) in [6.07, 6.45) is 3.63. The van der Waals surface area contributed by atoms with Gasteiger partial charge < -0.3 is 20.3 Å². The fourth-order valence-corrected chi connectivity index (χ4v) is 5.65. The molecule has 4 aromatic rings. The molecule has 0 aliphatic carbocycles. The summed E-state index contributed by atoms with van der Waals surface area (Å²) >= 11 is 6.40. The fourth-order valence-electron chi connectivity index (χ4n) is 5.48. The van der Waals surface area contributed by atoms with Gasteiger partial charge >= 0.3 is 0 Å². The maximum absolute atomic E-state index is 15.1. The summed E-state index contributed by atoms with van der Waals surface area (Å²) in [6, 6.07) is 17.9. The van der Waals surface area contributed by atoms with Crippen LogP contribution in [0.4, 0.5) is 16.0 Å². The molecule has 0 bridgehead atoms. The van der Waals surface area contributed by atoms with Crippen LogP contribution in [0.5, 0.6) is 5.75 Å². The van der Waals surface area contributed by atoms with Crippen molar-refractivity contribution in [1.29, 1.82) is 0 Å². The second kappa shape index (κ2) is 11.9. The third-order valence-corrected chi connectivity index (χ3v) is 8.01. The number of hydrogen-bond donors (Lipinski definition) is 2. The van der Waals surface area contributed by atoms with Crippen LogP contribution in [0.2, 0.25) is 5.02 Å². The lowest BCUT2D eigenvalue weighted by Gasteiger charge is -2.31. The number of fused-ring (bicyclic) bond motifs is 3. The van der Waals surface area contributed by atoms with Crippen molar-refractivity contribution in [1.82, 2.24) is 20.2 Å². The lowest BCUT2D eigenvalue weighted by molar-refractivity contribution is 0.0707. The van der Waals surface area contributed by atoms with E-state index in [0.29, 0.717) is 45.3 Å². The second-order valence-corrected chi connectivity index (χ2v) is 10.7. The molecular formula is C32H30ClFN6O2. The van der Waals surface area contributed by atoms with E-state index in [1.54, 1.807) is 30.5 Å². The standard InChI is InChI=1S/C32H30ClFN6O2/c1-35-22-12-14-40(15-13-22)31(41)19-6-9-23(10-7-19)38-32-37-18-20-17-36-30(28-26(34)4-3-5-27(28)42-2)25-16-21(33)8-11-24(25)29(20)39-32/h3-11,16,18,22,35H,12-15,17H2,1-2H3,(H,37,38,39). The van der Waals surface area contributed by atoms with E-state index in [4.69, 9.17) is 26.3 Å². The van der Waals surface area contributed by atoms with Gasteiger partial charge in [0.2, 0.25) is 5.95 Å². The molecule has 2 aliphatic rings. The molecule has 6 rings (SSSR count). The third-order valence-electron chi connectivity index (χ3n) is 7.77. The highest BCUT2D eigenvalue weighted by Crippen LogP contribution is 2.36. The van der Waals surface area contributed by atoms with Gasteiger partial charge in [-0.3, -0.25) is 9.79 Å². The number of carbonyl (C=O) groups excluding carboxylic acids is 1. The first-order valence-corrected chi connectivity index (χ1v) is 14.2. The Labute approximate surface area is 248 Å². The zero-order valence-electron chi connectivity index (χ0n) is 23.3. The van der Waals surface area contributed by atoms with Crippen molar-refractivity contribution in [3.63, 3.8) is 0 Å². The molecule has 1 amide bonds. The zero-order chi connectivity index (χ0) is 29.2. The summed E-state index contributed by atoms with van der Waals surface area (Å²) in [6.45, 7) is 1.74. The number of hydrogen-bond acceptors (Lipinski definition) is 7. The minimum Gasteiger partial charge on any atom is -0.496 e. The van der Waals surface area contributed by atoms with E-state index in [9.17, 15) is 4.79 Å². The number of benzene rings is 3. The van der Waals surface area contributed by atoms with Gasteiger partial charge in [-0.1, -0.05) is 23.7 Å². The van der Waals surface area contributed by atoms with Crippen molar-refractivity contribution in [2.45, 2.75) is 25.4 Å². The summed E-state index contributed by atoms with van der Waals surface area (Å²) in [7, 11) is 3.46. The van der Waals surface area contributed by atoms with Crippen LogP contribution in [-0.4, -0.2) is 59.8 Å². The SMILES string of the molecule is CNC1CCN(C(=O)c2ccc(Nc3ncc4c(n3)-c3ccc(Cl)cc3C(c3c(F)cccc3OC)=NC4)cc2)CC1. The molecule has 0 unspecified atom stereocenters. The molecule has 2 aliphatic heterocycles. The number of likely N-dealkylation sites (tertiary alicyclic amines) is 1. The molecule has 0 spiro atoms. The largest absolute Gasteiger partial charge is 0.496 e. The van der Waals surface area contributed by atoms with Gasteiger partial charge in [-0.25, -0.2) is 14.4 Å². The van der Waals surface area contributed by atoms with E-state index >= 15 is 4.39 Å². The van der Waals surface area contributed by atoms with Crippen LogP contribution in [0, 0.1) is 5.82 Å². The van der Waals surface area contributed by atoms with E-state index in [1.807, 2.05) is 42.3 Å². The maximum atomic E-state index is 15.1. The normalized spacial score (nSPS) is 14.9. The lowest BCUT2D eigenvalue weighted by Crippen LogP contribution is -2.43. The number of carbonyl (C=O) groups is 1. The Morgan fingerprint density at radius 3 is 2.60 bits per heavy atom. The smallest absolute Gasteiger partial charge is 0.253 e. The summed E-state index contributed by atoms with van der Waals surface area (Å²) in [5, 5.41) is 7.03. The van der Waals surface area contributed by atoms with Gasteiger partial charge in [0.25, 0.3) is 5.91 Å². The Kier molecular flexibility index (Phi) is 7.86. The van der Waals surface area contributed by atoms with Crippen molar-refractivity contribution in [2.75, 3.05) is 32.6 Å². The first-order valence-electron chi connectivity index (χ1n) is 13.8. The quantitative estimate of drug-likeness (QED) is 0.295. The average molecular weight is 585 g/mol. The Hall–Kier alpha value is -4.34. The topological polar surface area (TPSA) is 91.7 Å². The van der Waals surface area contributed by atoms with Gasteiger partial charge in [-0.15, -0.1) is 0 Å². The van der Waals surface area contributed by atoms with E-state index in [1.165, 1.54) is 13.2 Å². The van der Waals surface area contributed by atoms with Crippen LogP contribution in [0.15, 0.2) is 71.9 Å². The molecule has 3 heterocycles. The predicted molar refractivity (Wildman–Crippen MR) is 162 cm³/mol. The number of amides is 1. The van der Waals surface area contributed by atoms with Gasteiger partial charge in [0.05, 0.1) is 30.6 Å². The molecule has 0 radical (unpaired) electrons. The minimum absolute atomic E-state index is 0.0370. The Morgan fingerprint density at radius 1 is 1.07 bits per heavy atom. The lowest BCUT2D eigenvalue weighted by atomic mass is 9.94. The summed E-state index contributed by atoms with van der Waals surface area (Å²) < 4.78 is 20.6. The number of aliphatic imine (C=N–C) groups is 1. The first kappa shape index (κ1) is 27.8. The van der Waals surface area contributed by atoms with Crippen LogP contribution in [-0.2, 0) is 6.54 Å². The zero-order valence-corrected chi connectivity index (χ0v) is 24.1. The van der Waals surface area contributed by atoms with E-state index < -0.39 is 5.82 Å². The van der Waals surface area contributed by atoms with E-state index in [2.05, 4.69) is 15.6 Å². The molecule has 3 aromatic carbocycles. The third kappa shape index (κ3) is 5.45. The summed E-state index contributed by atoms with van der Waals surface area (Å²) in [4.78, 5) is 29.0. The van der Waals surface area contributed by atoms with Crippen LogP contribution in [0.3, 0.4) is 0 Å². The van der Waals surface area contributed by atoms with Crippen LogP contribution < -0.4 is 15.4 Å². The predicted octanol–water partition coefficient (Wildman–Crippen LogP) is 5.86. The van der Waals surface area contributed by atoms with E-state index in [0.717, 1.165) is 42.7 Å². The number of methoxy groups -OCH3 is 1. The molecule has 2 N–H and O–H groups in total. The Balaban J connectivity index is 1.27. The number of ether oxygens (including phenoxy) is 1. The number of nitrogens with zero attached hydrogens (tertiary/aromatic N) is 4. The Bertz CT molecular complexity index is 1670. The molecule has 214 valence electrons. The molecule has 0 atom stereocenters. The monoisotopic (exact) mass is 584 g/mol. The van der Waals surface area contributed by atoms with Crippen molar-refractivity contribution >= 4 is 34.9 Å². The highest BCUT2D eigenvalue weighted by atomic mass is 35.5. The molecule has 0 saturated carbocycles. The van der Waals surface area contributed by atoms with Crippen LogP contribution in [0.25, 0.3) is 11.3 Å². The Morgan fingerprint density at radius 2 is 1.86 bits per heavy atom. The molecule has 1 saturated heterocycles. The van der Waals surface area contributed by atoms with E-state index in [-0.39, 0.29) is 18.0 Å². The summed E-state index contributed by atoms with van der Waals surface area (Å²) in [5.41, 5.74) is 4.96. The minimum atomic E-state index is -0.442. The molecule has 42 heavy (non-hydrogen) atoms. The molecular weight excluding hydrogens is 555 g/mol. The van der Waals surface area contributed by atoms with Crippen molar-refractivity contribution in [2.24, 2.45) is 4.99 Å². The molecule has 1 fully saturated rings. The summed E-state index contributed by atoms with van der Waals surface area (Å²) in [5.74, 6) is 0.357. The number of nitrogens with one attached hydrogen (secondary N) is 2. The second-order valence-electron chi connectivity index (χ2n) is 10.3. The first-order chi connectivity index (χ1) is 20.4. The molecule has 8 nitrogen and oxygen atoms in total. The van der Waals surface area contributed by atoms with Gasteiger partial charge in [0, 0.05) is 58.3 Å². The average Bonchev–Trinajstić information content (AvgIpc) is 3.17. The maximum Gasteiger partial charge on any atom is 0.253 e. The van der Waals surface area contributed by atoms with Crippen LogP contribution >= 0.6 is 11.6 Å².